The second-order valence-corrected chi connectivity index (χ2v) is 5.83. The summed E-state index contributed by atoms with van der Waals surface area (Å²) >= 11 is 1.65. The predicted molar refractivity (Wildman–Crippen MR) is 84.3 cm³/mol. The van der Waals surface area contributed by atoms with Crippen molar-refractivity contribution in [2.75, 3.05) is 6.54 Å². The zero-order valence-corrected chi connectivity index (χ0v) is 13.2. The van der Waals surface area contributed by atoms with Crippen molar-refractivity contribution in [1.29, 1.82) is 0 Å². The molecule has 0 aliphatic rings. The Labute approximate surface area is 125 Å². The quantitative estimate of drug-likeness (QED) is 0.834. The van der Waals surface area contributed by atoms with Crippen molar-refractivity contribution in [3.05, 3.63) is 45.9 Å². The maximum atomic E-state index is 5.95. The minimum Gasteiger partial charge on any atom is -0.486 e. The van der Waals surface area contributed by atoms with Crippen molar-refractivity contribution >= 4 is 11.3 Å². The first-order valence-corrected chi connectivity index (χ1v) is 7.94. The molecule has 0 spiro atoms. The van der Waals surface area contributed by atoms with Crippen LogP contribution in [-0.4, -0.2) is 11.5 Å². The van der Waals surface area contributed by atoms with Gasteiger partial charge in [0.25, 0.3) is 0 Å². The Balaban J connectivity index is 2.03. The van der Waals surface area contributed by atoms with Gasteiger partial charge in [-0.3, -0.25) is 0 Å². The Bertz CT molecular complexity index is 539. The van der Waals surface area contributed by atoms with Crippen LogP contribution in [0.25, 0.3) is 0 Å². The number of thiazole rings is 1. The minimum atomic E-state index is 0.296. The largest absolute Gasteiger partial charge is 0.486 e. The van der Waals surface area contributed by atoms with Gasteiger partial charge in [0.2, 0.25) is 0 Å². The van der Waals surface area contributed by atoms with Gasteiger partial charge in [-0.15, -0.1) is 11.3 Å². The molecule has 1 atom stereocenters. The molecule has 1 aromatic heterocycles. The van der Waals surface area contributed by atoms with E-state index in [1.54, 1.807) is 11.3 Å². The third-order valence-corrected chi connectivity index (χ3v) is 4.04. The summed E-state index contributed by atoms with van der Waals surface area (Å²) in [6.07, 6.45) is 1.13. The van der Waals surface area contributed by atoms with Crippen LogP contribution in [0.15, 0.2) is 29.6 Å². The molecule has 4 heteroatoms. The number of rotatable bonds is 7. The predicted octanol–water partition coefficient (Wildman–Crippen LogP) is 4.09. The van der Waals surface area contributed by atoms with Gasteiger partial charge in [-0.1, -0.05) is 25.1 Å². The highest BCUT2D eigenvalue weighted by atomic mass is 32.1. The first-order chi connectivity index (χ1) is 9.70. The molecule has 20 heavy (non-hydrogen) atoms. The van der Waals surface area contributed by atoms with Gasteiger partial charge in [0, 0.05) is 22.7 Å². The molecule has 0 aliphatic heterocycles. The van der Waals surface area contributed by atoms with Crippen LogP contribution in [0.4, 0.5) is 0 Å². The number of aromatic nitrogens is 1. The van der Waals surface area contributed by atoms with E-state index in [1.807, 2.05) is 19.1 Å². The molecule has 0 bridgehead atoms. The van der Waals surface area contributed by atoms with Crippen LogP contribution in [0.1, 0.15) is 42.6 Å². The van der Waals surface area contributed by atoms with Gasteiger partial charge in [0.05, 0.1) is 0 Å². The standard InChI is InChI=1S/C16H22N2OS/c1-4-9-17-13(3)14-7-5-6-8-15(14)19-10-16-18-12(2)11-20-16/h5-8,11,13,17H,4,9-10H2,1-3H3. The smallest absolute Gasteiger partial charge is 0.140 e. The van der Waals surface area contributed by atoms with E-state index < -0.39 is 0 Å². The third-order valence-electron chi connectivity index (χ3n) is 3.10. The van der Waals surface area contributed by atoms with Gasteiger partial charge in [0.1, 0.15) is 17.4 Å². The molecule has 1 heterocycles. The van der Waals surface area contributed by atoms with Crippen molar-refractivity contribution in [2.45, 2.75) is 39.8 Å². The number of para-hydroxylation sites is 1. The van der Waals surface area contributed by atoms with E-state index in [9.17, 15) is 0 Å². The van der Waals surface area contributed by atoms with Crippen LogP contribution < -0.4 is 10.1 Å². The molecule has 0 radical (unpaired) electrons. The molecule has 2 rings (SSSR count). The Morgan fingerprint density at radius 2 is 2.15 bits per heavy atom. The third kappa shape index (κ3) is 4.05. The normalized spacial score (nSPS) is 12.3. The molecular weight excluding hydrogens is 268 g/mol. The fourth-order valence-corrected chi connectivity index (χ4v) is 2.73. The molecular formula is C16H22N2OS. The zero-order chi connectivity index (χ0) is 14.4. The molecule has 3 nitrogen and oxygen atoms in total. The number of hydrogen-bond donors (Lipinski definition) is 1. The molecule has 0 saturated carbocycles. The maximum absolute atomic E-state index is 5.95. The van der Waals surface area contributed by atoms with Crippen molar-refractivity contribution in [3.63, 3.8) is 0 Å². The molecule has 1 aromatic carbocycles. The van der Waals surface area contributed by atoms with E-state index in [0.29, 0.717) is 12.6 Å². The van der Waals surface area contributed by atoms with Gasteiger partial charge in [-0.2, -0.15) is 0 Å². The summed E-state index contributed by atoms with van der Waals surface area (Å²) in [7, 11) is 0. The molecule has 1 N–H and O–H groups in total. The first-order valence-electron chi connectivity index (χ1n) is 7.06. The van der Waals surface area contributed by atoms with Gasteiger partial charge < -0.3 is 10.1 Å². The maximum Gasteiger partial charge on any atom is 0.140 e. The van der Waals surface area contributed by atoms with Crippen LogP contribution in [0.3, 0.4) is 0 Å². The van der Waals surface area contributed by atoms with Crippen LogP contribution in [-0.2, 0) is 6.61 Å². The number of ether oxygens (including phenoxy) is 1. The van der Waals surface area contributed by atoms with Gasteiger partial charge in [-0.25, -0.2) is 4.98 Å². The fourth-order valence-electron chi connectivity index (χ4n) is 2.05. The molecule has 2 aromatic rings. The topological polar surface area (TPSA) is 34.1 Å². The Hall–Kier alpha value is -1.39. The van der Waals surface area contributed by atoms with Crippen molar-refractivity contribution in [3.8, 4) is 5.75 Å². The van der Waals surface area contributed by atoms with E-state index in [-0.39, 0.29) is 0 Å². The first kappa shape index (κ1) is 15.0. The van der Waals surface area contributed by atoms with Crippen molar-refractivity contribution in [2.24, 2.45) is 0 Å². The number of benzene rings is 1. The highest BCUT2D eigenvalue weighted by molar-refractivity contribution is 7.09. The average molecular weight is 290 g/mol. The average Bonchev–Trinajstić information content (AvgIpc) is 2.88. The lowest BCUT2D eigenvalue weighted by Gasteiger charge is -2.17. The molecule has 108 valence electrons. The van der Waals surface area contributed by atoms with E-state index in [1.165, 1.54) is 5.56 Å². The van der Waals surface area contributed by atoms with Gasteiger partial charge >= 0.3 is 0 Å². The molecule has 1 unspecified atom stereocenters. The number of hydrogen-bond acceptors (Lipinski definition) is 4. The van der Waals surface area contributed by atoms with Crippen LogP contribution in [0.5, 0.6) is 5.75 Å². The molecule has 0 aliphatic carbocycles. The molecule has 0 amide bonds. The highest BCUT2D eigenvalue weighted by Gasteiger charge is 2.11. The summed E-state index contributed by atoms with van der Waals surface area (Å²) in [6, 6.07) is 8.51. The summed E-state index contributed by atoms with van der Waals surface area (Å²) in [6.45, 7) is 7.90. The lowest BCUT2D eigenvalue weighted by Crippen LogP contribution is -2.19. The lowest BCUT2D eigenvalue weighted by atomic mass is 10.1. The van der Waals surface area contributed by atoms with Crippen molar-refractivity contribution in [1.82, 2.24) is 10.3 Å². The SMILES string of the molecule is CCCNC(C)c1ccccc1OCc1nc(C)cs1. The van der Waals surface area contributed by atoms with Crippen LogP contribution in [0, 0.1) is 6.92 Å². The number of nitrogens with zero attached hydrogens (tertiary/aromatic N) is 1. The van der Waals surface area contributed by atoms with E-state index in [2.05, 4.69) is 41.7 Å². The summed E-state index contributed by atoms with van der Waals surface area (Å²) in [5, 5.41) is 6.57. The Morgan fingerprint density at radius 1 is 1.35 bits per heavy atom. The summed E-state index contributed by atoms with van der Waals surface area (Å²) in [5.74, 6) is 0.941. The van der Waals surface area contributed by atoms with E-state index in [4.69, 9.17) is 4.74 Å². The van der Waals surface area contributed by atoms with Crippen molar-refractivity contribution < 1.29 is 4.74 Å². The Kier molecular flexibility index (Phi) is 5.56. The lowest BCUT2D eigenvalue weighted by molar-refractivity contribution is 0.299. The summed E-state index contributed by atoms with van der Waals surface area (Å²) in [4.78, 5) is 4.43. The number of aryl methyl sites for hydroxylation is 1. The van der Waals surface area contributed by atoms with Crippen LogP contribution >= 0.6 is 11.3 Å². The summed E-state index contributed by atoms with van der Waals surface area (Å²) in [5.41, 5.74) is 2.26. The second kappa shape index (κ2) is 7.41. The zero-order valence-electron chi connectivity index (χ0n) is 12.3. The van der Waals surface area contributed by atoms with Crippen LogP contribution in [0.2, 0.25) is 0 Å². The van der Waals surface area contributed by atoms with E-state index >= 15 is 0 Å². The monoisotopic (exact) mass is 290 g/mol. The molecule has 0 saturated heterocycles. The highest BCUT2D eigenvalue weighted by Crippen LogP contribution is 2.26. The second-order valence-electron chi connectivity index (χ2n) is 4.88. The fraction of sp³-hybridized carbons (Fsp3) is 0.438. The summed E-state index contributed by atoms with van der Waals surface area (Å²) < 4.78 is 5.95. The Morgan fingerprint density at radius 3 is 2.85 bits per heavy atom. The van der Waals surface area contributed by atoms with Gasteiger partial charge in [0.15, 0.2) is 0 Å². The van der Waals surface area contributed by atoms with Gasteiger partial charge in [-0.05, 0) is 32.9 Å². The molecule has 0 fully saturated rings. The van der Waals surface area contributed by atoms with E-state index in [0.717, 1.165) is 29.4 Å². The minimum absolute atomic E-state index is 0.296. The number of nitrogens with one attached hydrogen (secondary N) is 1.